The molecule has 0 aliphatic heterocycles. The molecule has 144 valence electrons. The van der Waals surface area contributed by atoms with Crippen LogP contribution >= 0.6 is 15.9 Å². The van der Waals surface area contributed by atoms with Gasteiger partial charge in [-0.1, -0.05) is 36.4 Å². The maximum absolute atomic E-state index is 12.9. The van der Waals surface area contributed by atoms with Gasteiger partial charge in [0.25, 0.3) is 5.91 Å². The highest BCUT2D eigenvalue weighted by Crippen LogP contribution is 2.27. The van der Waals surface area contributed by atoms with Crippen molar-refractivity contribution in [2.24, 2.45) is 0 Å². The Morgan fingerprint density at radius 3 is 2.18 bits per heavy atom. The van der Waals surface area contributed by atoms with Crippen molar-refractivity contribution in [3.8, 4) is 11.5 Å². The van der Waals surface area contributed by atoms with Gasteiger partial charge in [-0.25, -0.2) is 0 Å². The van der Waals surface area contributed by atoms with Gasteiger partial charge in [0, 0.05) is 17.8 Å². The van der Waals surface area contributed by atoms with E-state index in [0.29, 0.717) is 31.1 Å². The fourth-order valence-electron chi connectivity index (χ4n) is 2.79. The minimum absolute atomic E-state index is 0.0478. The monoisotopic (exact) mass is 439 g/mol. The number of carbonyl (C=O) groups excluding carboxylic acids is 1. The normalized spacial score (nSPS) is 10.4. The van der Waals surface area contributed by atoms with Crippen LogP contribution in [0.25, 0.3) is 0 Å². The lowest BCUT2D eigenvalue weighted by molar-refractivity contribution is 0.0988. The Morgan fingerprint density at radius 1 is 0.893 bits per heavy atom. The van der Waals surface area contributed by atoms with Crippen LogP contribution in [0, 0.1) is 0 Å². The molecule has 0 bridgehead atoms. The molecule has 5 heteroatoms. The lowest BCUT2D eigenvalue weighted by Crippen LogP contribution is -2.30. The Balaban J connectivity index is 1.60. The summed E-state index contributed by atoms with van der Waals surface area (Å²) in [5, 5.41) is 0. The van der Waals surface area contributed by atoms with Gasteiger partial charge in [-0.05, 0) is 65.3 Å². The number of hydrogen-bond acceptors (Lipinski definition) is 3. The lowest BCUT2D eigenvalue weighted by Gasteiger charge is -2.21. The van der Waals surface area contributed by atoms with Gasteiger partial charge in [0.05, 0.1) is 4.47 Å². The zero-order valence-corrected chi connectivity index (χ0v) is 17.3. The van der Waals surface area contributed by atoms with Crippen LogP contribution < -0.4 is 14.4 Å². The van der Waals surface area contributed by atoms with Gasteiger partial charge in [0.15, 0.2) is 0 Å². The largest absolute Gasteiger partial charge is 0.490 e. The van der Waals surface area contributed by atoms with Crippen LogP contribution in [0.5, 0.6) is 11.5 Å². The summed E-state index contributed by atoms with van der Waals surface area (Å²) in [7, 11) is 0. The number of benzene rings is 3. The number of nitrogens with zero attached hydrogens (tertiary/aromatic N) is 1. The molecule has 0 fully saturated rings. The second-order valence-corrected chi connectivity index (χ2v) is 6.89. The van der Waals surface area contributed by atoms with Crippen molar-refractivity contribution in [1.82, 2.24) is 0 Å². The first kappa shape index (κ1) is 20.0. The maximum atomic E-state index is 12.9. The van der Waals surface area contributed by atoms with E-state index in [1.807, 2.05) is 67.6 Å². The Hall–Kier alpha value is -2.79. The van der Waals surface area contributed by atoms with E-state index in [0.717, 1.165) is 15.9 Å². The SMILES string of the molecule is CCN(C(=O)c1ccc(OCCOc2ccccc2)c(Br)c1)c1ccccc1. The number of halogens is 1. The zero-order valence-electron chi connectivity index (χ0n) is 15.7. The van der Waals surface area contributed by atoms with E-state index < -0.39 is 0 Å². The average Bonchev–Trinajstić information content (AvgIpc) is 2.74. The van der Waals surface area contributed by atoms with Crippen molar-refractivity contribution in [3.05, 3.63) is 88.9 Å². The molecule has 0 unspecified atom stereocenters. The van der Waals surface area contributed by atoms with Crippen LogP contribution in [-0.2, 0) is 0 Å². The number of ether oxygens (including phenoxy) is 2. The van der Waals surface area contributed by atoms with E-state index in [4.69, 9.17) is 9.47 Å². The first-order valence-electron chi connectivity index (χ1n) is 9.16. The van der Waals surface area contributed by atoms with E-state index in [2.05, 4.69) is 15.9 Å². The van der Waals surface area contributed by atoms with E-state index in [-0.39, 0.29) is 5.91 Å². The predicted octanol–water partition coefficient (Wildman–Crippen LogP) is 5.57. The van der Waals surface area contributed by atoms with Gasteiger partial charge < -0.3 is 14.4 Å². The van der Waals surface area contributed by atoms with Crippen LogP contribution in [0.15, 0.2) is 83.3 Å². The zero-order chi connectivity index (χ0) is 19.8. The van der Waals surface area contributed by atoms with Crippen LogP contribution in [0.3, 0.4) is 0 Å². The topological polar surface area (TPSA) is 38.8 Å². The molecule has 0 saturated carbocycles. The highest BCUT2D eigenvalue weighted by Gasteiger charge is 2.17. The Kier molecular flexibility index (Phi) is 7.09. The van der Waals surface area contributed by atoms with E-state index >= 15 is 0 Å². The molecule has 0 N–H and O–H groups in total. The predicted molar refractivity (Wildman–Crippen MR) is 115 cm³/mol. The van der Waals surface area contributed by atoms with Crippen molar-refractivity contribution < 1.29 is 14.3 Å². The molecule has 3 aromatic rings. The summed E-state index contributed by atoms with van der Waals surface area (Å²) in [4.78, 5) is 14.6. The molecule has 0 radical (unpaired) electrons. The molecule has 4 nitrogen and oxygen atoms in total. The first-order chi connectivity index (χ1) is 13.7. The Morgan fingerprint density at radius 2 is 1.54 bits per heavy atom. The minimum atomic E-state index is -0.0478. The Labute approximate surface area is 173 Å². The third-order valence-electron chi connectivity index (χ3n) is 4.16. The second kappa shape index (κ2) is 9.95. The summed E-state index contributed by atoms with van der Waals surface area (Å²) in [5.41, 5.74) is 1.48. The highest BCUT2D eigenvalue weighted by molar-refractivity contribution is 9.10. The van der Waals surface area contributed by atoms with E-state index in [1.54, 1.807) is 23.1 Å². The quantitative estimate of drug-likeness (QED) is 0.430. The number of amides is 1. The fraction of sp³-hybridized carbons (Fsp3) is 0.174. The second-order valence-electron chi connectivity index (χ2n) is 6.04. The molecule has 0 aromatic heterocycles. The number of hydrogen-bond donors (Lipinski definition) is 0. The summed E-state index contributed by atoms with van der Waals surface area (Å²) in [6.07, 6.45) is 0. The van der Waals surface area contributed by atoms with Gasteiger partial charge >= 0.3 is 0 Å². The maximum Gasteiger partial charge on any atom is 0.258 e. The number of rotatable bonds is 8. The van der Waals surface area contributed by atoms with Crippen LogP contribution in [0.1, 0.15) is 17.3 Å². The van der Waals surface area contributed by atoms with Crippen molar-refractivity contribution in [2.75, 3.05) is 24.7 Å². The molecule has 0 atom stereocenters. The standard InChI is InChI=1S/C23H22BrNO3/c1-2-25(19-9-5-3-6-10-19)23(26)18-13-14-22(21(24)17-18)28-16-15-27-20-11-7-4-8-12-20/h3-14,17H,2,15-16H2,1H3. The van der Waals surface area contributed by atoms with Crippen molar-refractivity contribution in [3.63, 3.8) is 0 Å². The molecule has 0 aliphatic carbocycles. The smallest absolute Gasteiger partial charge is 0.258 e. The lowest BCUT2D eigenvalue weighted by atomic mass is 10.1. The molecule has 0 spiro atoms. The molecule has 0 aliphatic rings. The highest BCUT2D eigenvalue weighted by atomic mass is 79.9. The molecule has 28 heavy (non-hydrogen) atoms. The molecular formula is C23H22BrNO3. The minimum Gasteiger partial charge on any atom is -0.490 e. The first-order valence-corrected chi connectivity index (χ1v) is 9.95. The van der Waals surface area contributed by atoms with Gasteiger partial charge in [0.1, 0.15) is 24.7 Å². The number of anilines is 1. The van der Waals surface area contributed by atoms with E-state index in [9.17, 15) is 4.79 Å². The molecule has 1 amide bonds. The van der Waals surface area contributed by atoms with Gasteiger partial charge in [-0.15, -0.1) is 0 Å². The van der Waals surface area contributed by atoms with Gasteiger partial charge in [-0.2, -0.15) is 0 Å². The summed E-state index contributed by atoms with van der Waals surface area (Å²) >= 11 is 3.50. The molecule has 3 rings (SSSR count). The summed E-state index contributed by atoms with van der Waals surface area (Å²) < 4.78 is 12.1. The summed E-state index contributed by atoms with van der Waals surface area (Å²) in [5.74, 6) is 1.44. The molecular weight excluding hydrogens is 418 g/mol. The van der Waals surface area contributed by atoms with Gasteiger partial charge in [0.2, 0.25) is 0 Å². The third kappa shape index (κ3) is 5.14. The summed E-state index contributed by atoms with van der Waals surface area (Å²) in [6, 6.07) is 24.6. The van der Waals surface area contributed by atoms with Crippen molar-refractivity contribution >= 4 is 27.5 Å². The molecule has 0 saturated heterocycles. The molecule has 0 heterocycles. The fourth-order valence-corrected chi connectivity index (χ4v) is 3.28. The van der Waals surface area contributed by atoms with Crippen molar-refractivity contribution in [1.29, 1.82) is 0 Å². The van der Waals surface area contributed by atoms with E-state index in [1.165, 1.54) is 0 Å². The average molecular weight is 440 g/mol. The Bertz CT molecular complexity index is 900. The van der Waals surface area contributed by atoms with Crippen LogP contribution in [0.2, 0.25) is 0 Å². The van der Waals surface area contributed by atoms with Crippen molar-refractivity contribution in [2.45, 2.75) is 6.92 Å². The number of para-hydroxylation sites is 2. The van der Waals surface area contributed by atoms with Gasteiger partial charge in [-0.3, -0.25) is 4.79 Å². The third-order valence-corrected chi connectivity index (χ3v) is 4.78. The number of carbonyl (C=O) groups is 1. The molecule has 3 aromatic carbocycles. The summed E-state index contributed by atoms with van der Waals surface area (Å²) in [6.45, 7) is 3.40. The van der Waals surface area contributed by atoms with Crippen LogP contribution in [0.4, 0.5) is 5.69 Å². The van der Waals surface area contributed by atoms with Crippen LogP contribution in [-0.4, -0.2) is 25.7 Å².